The Balaban J connectivity index is 1.58. The van der Waals surface area contributed by atoms with Crippen molar-refractivity contribution in [1.29, 1.82) is 0 Å². The van der Waals surface area contributed by atoms with Gasteiger partial charge in [-0.2, -0.15) is 0 Å². The van der Waals surface area contributed by atoms with Crippen LogP contribution in [-0.2, 0) is 16.0 Å². The quantitative estimate of drug-likeness (QED) is 0.501. The van der Waals surface area contributed by atoms with Crippen molar-refractivity contribution in [3.05, 3.63) is 88.4 Å². The second-order valence-corrected chi connectivity index (χ2v) is 7.46. The highest BCUT2D eigenvalue weighted by atomic mass is 35.5. The van der Waals surface area contributed by atoms with Crippen molar-refractivity contribution in [1.82, 2.24) is 0 Å². The Morgan fingerprint density at radius 2 is 1.60 bits per heavy atom. The summed E-state index contributed by atoms with van der Waals surface area (Å²) in [5, 5.41) is 6.41. The SMILES string of the molecule is CC(Oc1ccc(Cl)cc1Cl)C(=O)Nc1cccc(NC(=O)Cc2ccccc2)c1. The van der Waals surface area contributed by atoms with Crippen molar-refractivity contribution in [2.75, 3.05) is 10.6 Å². The lowest BCUT2D eigenvalue weighted by molar-refractivity contribution is -0.122. The number of hydrogen-bond acceptors (Lipinski definition) is 3. The molecule has 0 aromatic heterocycles. The van der Waals surface area contributed by atoms with Gasteiger partial charge in [0.05, 0.1) is 11.4 Å². The summed E-state index contributed by atoms with van der Waals surface area (Å²) in [6.45, 7) is 1.62. The van der Waals surface area contributed by atoms with Crippen LogP contribution in [0, 0.1) is 0 Å². The van der Waals surface area contributed by atoms with E-state index in [1.54, 1.807) is 49.4 Å². The fourth-order valence-electron chi connectivity index (χ4n) is 2.72. The van der Waals surface area contributed by atoms with Gasteiger partial charge in [-0.1, -0.05) is 59.6 Å². The van der Waals surface area contributed by atoms with E-state index in [0.717, 1.165) is 5.56 Å². The van der Waals surface area contributed by atoms with Crippen LogP contribution in [-0.4, -0.2) is 17.9 Å². The van der Waals surface area contributed by atoms with Crippen LogP contribution in [0.25, 0.3) is 0 Å². The normalized spacial score (nSPS) is 11.4. The van der Waals surface area contributed by atoms with Crippen molar-refractivity contribution < 1.29 is 14.3 Å². The molecule has 0 bridgehead atoms. The summed E-state index contributed by atoms with van der Waals surface area (Å²) in [6, 6.07) is 21.2. The molecule has 5 nitrogen and oxygen atoms in total. The molecule has 3 rings (SSSR count). The molecular weight excluding hydrogens is 423 g/mol. The Kier molecular flexibility index (Phi) is 7.33. The van der Waals surface area contributed by atoms with E-state index in [2.05, 4.69) is 10.6 Å². The number of halogens is 2. The number of amides is 2. The Hall–Kier alpha value is -3.02. The summed E-state index contributed by atoms with van der Waals surface area (Å²) >= 11 is 12.0. The Bertz CT molecular complexity index is 1040. The molecule has 3 aromatic rings. The van der Waals surface area contributed by atoms with Gasteiger partial charge in [0.1, 0.15) is 5.75 Å². The van der Waals surface area contributed by atoms with Crippen LogP contribution < -0.4 is 15.4 Å². The molecule has 7 heteroatoms. The fourth-order valence-corrected chi connectivity index (χ4v) is 3.17. The Morgan fingerprint density at radius 1 is 0.900 bits per heavy atom. The number of rotatable bonds is 7. The largest absolute Gasteiger partial charge is 0.479 e. The molecule has 0 saturated heterocycles. The monoisotopic (exact) mass is 442 g/mol. The van der Waals surface area contributed by atoms with E-state index in [1.165, 1.54) is 0 Å². The molecule has 1 atom stereocenters. The molecule has 2 amide bonds. The molecule has 154 valence electrons. The first kappa shape index (κ1) is 21.7. The van der Waals surface area contributed by atoms with Crippen LogP contribution in [0.5, 0.6) is 5.75 Å². The second-order valence-electron chi connectivity index (χ2n) is 6.62. The highest BCUT2D eigenvalue weighted by Crippen LogP contribution is 2.28. The molecule has 0 spiro atoms. The maximum Gasteiger partial charge on any atom is 0.265 e. The average Bonchev–Trinajstić information content (AvgIpc) is 2.71. The third-order valence-corrected chi connectivity index (χ3v) is 4.72. The smallest absolute Gasteiger partial charge is 0.265 e. The molecule has 0 heterocycles. The number of ether oxygens (including phenoxy) is 1. The summed E-state index contributed by atoms with van der Waals surface area (Å²) < 4.78 is 5.62. The summed E-state index contributed by atoms with van der Waals surface area (Å²) in [7, 11) is 0. The van der Waals surface area contributed by atoms with Crippen LogP contribution >= 0.6 is 23.2 Å². The molecule has 0 saturated carbocycles. The zero-order chi connectivity index (χ0) is 21.5. The summed E-state index contributed by atoms with van der Waals surface area (Å²) in [6.07, 6.45) is -0.524. The first-order chi connectivity index (χ1) is 14.4. The molecule has 2 N–H and O–H groups in total. The number of carbonyl (C=O) groups is 2. The average molecular weight is 443 g/mol. The van der Waals surface area contributed by atoms with Gasteiger partial charge in [-0.15, -0.1) is 0 Å². The van der Waals surface area contributed by atoms with E-state index in [-0.39, 0.29) is 18.2 Å². The van der Waals surface area contributed by atoms with Crippen LogP contribution in [0.2, 0.25) is 10.0 Å². The van der Waals surface area contributed by atoms with Gasteiger partial charge >= 0.3 is 0 Å². The third kappa shape index (κ3) is 6.24. The summed E-state index contributed by atoms with van der Waals surface area (Å²) in [5.74, 6) is -0.127. The minimum atomic E-state index is -0.792. The topological polar surface area (TPSA) is 67.4 Å². The zero-order valence-corrected chi connectivity index (χ0v) is 17.7. The van der Waals surface area contributed by atoms with Gasteiger partial charge < -0.3 is 15.4 Å². The number of hydrogen-bond donors (Lipinski definition) is 2. The van der Waals surface area contributed by atoms with Gasteiger partial charge in [0, 0.05) is 16.4 Å². The van der Waals surface area contributed by atoms with Crippen molar-refractivity contribution in [3.63, 3.8) is 0 Å². The lowest BCUT2D eigenvalue weighted by Crippen LogP contribution is -2.30. The molecule has 3 aromatic carbocycles. The summed E-state index contributed by atoms with van der Waals surface area (Å²) in [5.41, 5.74) is 2.05. The minimum absolute atomic E-state index is 0.140. The van der Waals surface area contributed by atoms with E-state index in [4.69, 9.17) is 27.9 Å². The lowest BCUT2D eigenvalue weighted by atomic mass is 10.1. The van der Waals surface area contributed by atoms with Crippen LogP contribution in [0.3, 0.4) is 0 Å². The van der Waals surface area contributed by atoms with Gasteiger partial charge in [-0.3, -0.25) is 9.59 Å². The Labute approximate surface area is 185 Å². The van der Waals surface area contributed by atoms with E-state index >= 15 is 0 Å². The number of benzene rings is 3. The van der Waals surface area contributed by atoms with Gasteiger partial charge in [0.15, 0.2) is 6.10 Å². The third-order valence-electron chi connectivity index (χ3n) is 4.19. The van der Waals surface area contributed by atoms with E-state index in [1.807, 2.05) is 30.3 Å². The zero-order valence-electron chi connectivity index (χ0n) is 16.2. The van der Waals surface area contributed by atoms with Crippen molar-refractivity contribution >= 4 is 46.4 Å². The number of anilines is 2. The maximum absolute atomic E-state index is 12.5. The van der Waals surface area contributed by atoms with E-state index < -0.39 is 6.10 Å². The molecule has 0 fully saturated rings. The van der Waals surface area contributed by atoms with Gasteiger partial charge in [-0.25, -0.2) is 0 Å². The standard InChI is InChI=1S/C23H20Cl2N2O3/c1-15(30-21-11-10-17(24)13-20(21)25)23(29)27-19-9-5-8-18(14-19)26-22(28)12-16-6-3-2-4-7-16/h2-11,13-15H,12H2,1H3,(H,26,28)(H,27,29). The van der Waals surface area contributed by atoms with Crippen LogP contribution in [0.1, 0.15) is 12.5 Å². The Morgan fingerprint density at radius 3 is 2.30 bits per heavy atom. The predicted molar refractivity (Wildman–Crippen MR) is 120 cm³/mol. The fraction of sp³-hybridized carbons (Fsp3) is 0.130. The van der Waals surface area contributed by atoms with Crippen molar-refractivity contribution in [2.45, 2.75) is 19.4 Å². The van der Waals surface area contributed by atoms with Crippen LogP contribution in [0.4, 0.5) is 11.4 Å². The number of carbonyl (C=O) groups excluding carboxylic acids is 2. The van der Waals surface area contributed by atoms with E-state index in [9.17, 15) is 9.59 Å². The van der Waals surface area contributed by atoms with Gasteiger partial charge in [0.25, 0.3) is 5.91 Å². The van der Waals surface area contributed by atoms with E-state index in [0.29, 0.717) is 27.2 Å². The molecule has 0 radical (unpaired) electrons. The second kappa shape index (κ2) is 10.1. The molecule has 30 heavy (non-hydrogen) atoms. The molecule has 0 aliphatic carbocycles. The van der Waals surface area contributed by atoms with Gasteiger partial charge in [-0.05, 0) is 48.9 Å². The molecule has 0 aliphatic rings. The molecular formula is C23H20Cl2N2O3. The number of nitrogens with one attached hydrogen (secondary N) is 2. The highest BCUT2D eigenvalue weighted by molar-refractivity contribution is 6.35. The van der Waals surface area contributed by atoms with Crippen molar-refractivity contribution in [2.24, 2.45) is 0 Å². The molecule has 0 aliphatic heterocycles. The predicted octanol–water partition coefficient (Wildman–Crippen LogP) is 5.58. The van der Waals surface area contributed by atoms with Crippen molar-refractivity contribution in [3.8, 4) is 5.75 Å². The minimum Gasteiger partial charge on any atom is -0.479 e. The summed E-state index contributed by atoms with van der Waals surface area (Å²) in [4.78, 5) is 24.7. The highest BCUT2D eigenvalue weighted by Gasteiger charge is 2.17. The maximum atomic E-state index is 12.5. The first-order valence-corrected chi connectivity index (χ1v) is 10.0. The first-order valence-electron chi connectivity index (χ1n) is 9.27. The molecule has 1 unspecified atom stereocenters. The van der Waals surface area contributed by atoms with Gasteiger partial charge in [0.2, 0.25) is 5.91 Å². The van der Waals surface area contributed by atoms with Crippen LogP contribution in [0.15, 0.2) is 72.8 Å². The lowest BCUT2D eigenvalue weighted by Gasteiger charge is -2.16.